The average Bonchev–Trinajstić information content (AvgIpc) is 2.49. The largest absolute Gasteiger partial charge is 0.294 e. The molecule has 12 heavy (non-hydrogen) atoms. The molecule has 58 valence electrons. The van der Waals surface area contributed by atoms with Gasteiger partial charge in [-0.25, -0.2) is 0 Å². The van der Waals surface area contributed by atoms with Crippen molar-refractivity contribution in [2.45, 2.75) is 12.8 Å². The molecule has 0 N–H and O–H groups in total. The molecule has 0 aromatic heterocycles. The summed E-state index contributed by atoms with van der Waals surface area (Å²) in [7, 11) is 0. The summed E-state index contributed by atoms with van der Waals surface area (Å²) in [4.78, 5) is 11.3. The normalized spacial score (nSPS) is 24.5. The van der Waals surface area contributed by atoms with E-state index in [1.54, 1.807) is 6.08 Å². The van der Waals surface area contributed by atoms with E-state index in [9.17, 15) is 4.79 Å². The van der Waals surface area contributed by atoms with Crippen molar-refractivity contribution in [3.05, 3.63) is 46.6 Å². The smallest absolute Gasteiger partial charge is 0.160 e. The monoisotopic (exact) mass is 156 g/mol. The van der Waals surface area contributed by atoms with Crippen LogP contribution in [-0.2, 0) is 4.79 Å². The lowest BCUT2D eigenvalue weighted by atomic mass is 10.0. The number of hydrogen-bond donors (Lipinski definition) is 0. The number of ketones is 1. The van der Waals surface area contributed by atoms with E-state index in [4.69, 9.17) is 0 Å². The van der Waals surface area contributed by atoms with Gasteiger partial charge in [-0.2, -0.15) is 0 Å². The molecule has 0 aromatic carbocycles. The van der Waals surface area contributed by atoms with Gasteiger partial charge in [-0.3, -0.25) is 4.79 Å². The third kappa shape index (κ3) is 0.658. The molecular formula is C11H8O. The molecule has 0 fully saturated rings. The number of carbonyl (C=O) groups excluding carboxylic acids is 1. The Labute approximate surface area is 70.8 Å². The number of fused-ring (bicyclic) bond motifs is 1. The van der Waals surface area contributed by atoms with Gasteiger partial charge in [0, 0.05) is 6.42 Å². The molecule has 0 heterocycles. The van der Waals surface area contributed by atoms with E-state index in [0.29, 0.717) is 6.42 Å². The van der Waals surface area contributed by atoms with Crippen molar-refractivity contribution < 1.29 is 4.79 Å². The standard InChI is InChI=1S/C11H8O/c12-10-4-7-3-8-1-2-9(6-10)11(8)5-7/h1-2,4-5H,3,6H2. The van der Waals surface area contributed by atoms with Gasteiger partial charge in [0.1, 0.15) is 0 Å². The Morgan fingerprint density at radius 3 is 2.58 bits per heavy atom. The van der Waals surface area contributed by atoms with Gasteiger partial charge in [-0.15, -0.1) is 0 Å². The molecule has 3 rings (SSSR count). The summed E-state index contributed by atoms with van der Waals surface area (Å²) >= 11 is 0. The van der Waals surface area contributed by atoms with Crippen LogP contribution in [0.4, 0.5) is 0 Å². The first-order chi connectivity index (χ1) is 5.83. The van der Waals surface area contributed by atoms with Crippen molar-refractivity contribution in [3.8, 4) is 0 Å². The van der Waals surface area contributed by atoms with Crippen molar-refractivity contribution in [1.82, 2.24) is 0 Å². The van der Waals surface area contributed by atoms with E-state index < -0.39 is 0 Å². The van der Waals surface area contributed by atoms with E-state index in [1.165, 1.54) is 22.3 Å². The highest BCUT2D eigenvalue weighted by molar-refractivity contribution is 5.96. The van der Waals surface area contributed by atoms with Gasteiger partial charge in [0.2, 0.25) is 0 Å². The van der Waals surface area contributed by atoms with E-state index in [-0.39, 0.29) is 5.78 Å². The second kappa shape index (κ2) is 1.86. The highest BCUT2D eigenvalue weighted by Crippen LogP contribution is 2.41. The Morgan fingerprint density at radius 2 is 1.75 bits per heavy atom. The van der Waals surface area contributed by atoms with Gasteiger partial charge in [-0.05, 0) is 34.8 Å². The van der Waals surface area contributed by atoms with Gasteiger partial charge in [0.25, 0.3) is 0 Å². The fraction of sp³-hybridized carbons (Fsp3) is 0.182. The van der Waals surface area contributed by atoms with Crippen LogP contribution in [-0.4, -0.2) is 5.78 Å². The summed E-state index contributed by atoms with van der Waals surface area (Å²) in [5, 5.41) is 0. The molecule has 2 bridgehead atoms. The first kappa shape index (κ1) is 6.18. The van der Waals surface area contributed by atoms with Crippen molar-refractivity contribution in [2.75, 3.05) is 0 Å². The van der Waals surface area contributed by atoms with Crippen molar-refractivity contribution in [1.29, 1.82) is 0 Å². The lowest BCUT2D eigenvalue weighted by molar-refractivity contribution is -0.114. The minimum atomic E-state index is 0.247. The Hall–Kier alpha value is -1.37. The molecule has 0 aliphatic heterocycles. The topological polar surface area (TPSA) is 17.1 Å². The molecule has 1 heteroatoms. The Bertz CT molecular complexity index is 403. The zero-order valence-corrected chi connectivity index (χ0v) is 6.63. The molecule has 0 spiro atoms. The molecule has 3 aliphatic rings. The molecule has 0 amide bonds. The second-order valence-electron chi connectivity index (χ2n) is 3.48. The zero-order valence-electron chi connectivity index (χ0n) is 6.63. The van der Waals surface area contributed by atoms with Crippen LogP contribution in [0.2, 0.25) is 0 Å². The molecule has 0 aromatic rings. The summed E-state index contributed by atoms with van der Waals surface area (Å²) < 4.78 is 0. The van der Waals surface area contributed by atoms with Crippen molar-refractivity contribution in [2.24, 2.45) is 0 Å². The molecule has 0 unspecified atom stereocenters. The van der Waals surface area contributed by atoms with Gasteiger partial charge in [0.15, 0.2) is 5.78 Å². The lowest BCUT2D eigenvalue weighted by Crippen LogP contribution is -1.97. The average molecular weight is 156 g/mol. The first-order valence-electron chi connectivity index (χ1n) is 4.18. The van der Waals surface area contributed by atoms with E-state index in [0.717, 1.165) is 6.42 Å². The summed E-state index contributed by atoms with van der Waals surface area (Å²) in [5.41, 5.74) is 5.10. The van der Waals surface area contributed by atoms with Gasteiger partial charge in [0.05, 0.1) is 0 Å². The second-order valence-corrected chi connectivity index (χ2v) is 3.48. The van der Waals surface area contributed by atoms with Crippen LogP contribution in [0, 0.1) is 0 Å². The molecule has 1 nitrogen and oxygen atoms in total. The summed E-state index contributed by atoms with van der Waals surface area (Å²) in [6.07, 6.45) is 9.70. The van der Waals surface area contributed by atoms with Crippen LogP contribution in [0.25, 0.3) is 0 Å². The van der Waals surface area contributed by atoms with Crippen LogP contribution in [0.5, 0.6) is 0 Å². The Kier molecular flexibility index (Phi) is 0.959. The molecular weight excluding hydrogens is 148 g/mol. The molecule has 0 saturated heterocycles. The van der Waals surface area contributed by atoms with Gasteiger partial charge >= 0.3 is 0 Å². The van der Waals surface area contributed by atoms with Crippen LogP contribution >= 0.6 is 0 Å². The predicted molar refractivity (Wildman–Crippen MR) is 46.6 cm³/mol. The van der Waals surface area contributed by atoms with Crippen molar-refractivity contribution >= 4 is 5.78 Å². The number of allylic oxidation sites excluding steroid dienone is 8. The van der Waals surface area contributed by atoms with Crippen molar-refractivity contribution in [3.63, 3.8) is 0 Å². The molecule has 3 aliphatic carbocycles. The zero-order chi connectivity index (χ0) is 8.13. The predicted octanol–water partition coefficient (Wildman–Crippen LogP) is 2.08. The molecule has 0 atom stereocenters. The van der Waals surface area contributed by atoms with Gasteiger partial charge < -0.3 is 0 Å². The maximum atomic E-state index is 11.3. The van der Waals surface area contributed by atoms with Crippen LogP contribution < -0.4 is 0 Å². The quantitative estimate of drug-likeness (QED) is 0.524. The lowest BCUT2D eigenvalue weighted by Gasteiger charge is -2.03. The van der Waals surface area contributed by atoms with Crippen LogP contribution in [0.3, 0.4) is 0 Å². The maximum Gasteiger partial charge on any atom is 0.160 e. The Morgan fingerprint density at radius 1 is 1.00 bits per heavy atom. The summed E-state index contributed by atoms with van der Waals surface area (Å²) in [6, 6.07) is 0. The first-order valence-corrected chi connectivity index (χ1v) is 4.18. The fourth-order valence-electron chi connectivity index (χ4n) is 2.08. The van der Waals surface area contributed by atoms with E-state index in [1.807, 2.05) is 0 Å². The third-order valence-corrected chi connectivity index (χ3v) is 2.61. The summed E-state index contributed by atoms with van der Waals surface area (Å²) in [6.45, 7) is 0. The summed E-state index contributed by atoms with van der Waals surface area (Å²) in [5.74, 6) is 0.247. The molecule has 0 radical (unpaired) electrons. The minimum Gasteiger partial charge on any atom is -0.294 e. The highest BCUT2D eigenvalue weighted by Gasteiger charge is 2.26. The number of carbonyl (C=O) groups is 1. The van der Waals surface area contributed by atoms with E-state index >= 15 is 0 Å². The SMILES string of the molecule is O=C1C=C2C=C3C(=CC=C3C2)C1. The molecule has 0 saturated carbocycles. The number of rotatable bonds is 0. The van der Waals surface area contributed by atoms with Gasteiger partial charge in [-0.1, -0.05) is 18.2 Å². The van der Waals surface area contributed by atoms with E-state index in [2.05, 4.69) is 18.2 Å². The maximum absolute atomic E-state index is 11.3. The van der Waals surface area contributed by atoms with Crippen LogP contribution in [0.15, 0.2) is 46.6 Å². The number of hydrogen-bond acceptors (Lipinski definition) is 1. The fourth-order valence-corrected chi connectivity index (χ4v) is 2.08. The third-order valence-electron chi connectivity index (χ3n) is 2.61. The Balaban J connectivity index is 2.24. The highest BCUT2D eigenvalue weighted by atomic mass is 16.1. The minimum absolute atomic E-state index is 0.247. The van der Waals surface area contributed by atoms with Crippen LogP contribution in [0.1, 0.15) is 12.8 Å².